The van der Waals surface area contributed by atoms with Gasteiger partial charge in [0.1, 0.15) is 5.82 Å². The summed E-state index contributed by atoms with van der Waals surface area (Å²) in [5, 5.41) is 28.5. The fraction of sp³-hybridized carbons (Fsp3) is 0.393. The maximum atomic E-state index is 10.6. The zero-order chi connectivity index (χ0) is 42.1. The quantitative estimate of drug-likeness (QED) is 0.247. The highest BCUT2D eigenvalue weighted by molar-refractivity contribution is 5.74. The minimum absolute atomic E-state index is 0.846. The van der Waals surface area contributed by atoms with Crippen LogP contribution in [0.5, 0.6) is 0 Å². The van der Waals surface area contributed by atoms with Crippen molar-refractivity contribution in [2.24, 2.45) is 0 Å². The van der Waals surface area contributed by atoms with E-state index in [1.165, 1.54) is 11.1 Å². The fourth-order valence-electron chi connectivity index (χ4n) is 3.45. The van der Waals surface area contributed by atoms with Gasteiger partial charge in [-0.25, -0.2) is 24.2 Å². The number of hydrogen-bond acceptors (Lipinski definition) is 9. The van der Waals surface area contributed by atoms with Gasteiger partial charge >= 0.3 is 48.6 Å². The number of halogens is 12. The molecule has 4 N–H and O–H groups in total. The first-order valence-corrected chi connectivity index (χ1v) is 14.0. The number of carboxylic acid groups (broad SMARTS) is 4. The summed E-state index contributed by atoms with van der Waals surface area (Å²) in [5.74, 6) is -9.87. The topological polar surface area (TPSA) is 199 Å². The van der Waals surface area contributed by atoms with Crippen molar-refractivity contribution in [2.75, 3.05) is 13.6 Å². The highest BCUT2D eigenvalue weighted by Crippen LogP contribution is 2.18. The van der Waals surface area contributed by atoms with Crippen LogP contribution >= 0.6 is 0 Å². The minimum atomic E-state index is -5.08. The standard InChI is InChI=1S/C20H24N6.4C2HF3O2/c1-24(12-18-3-2-6-22-11-18)14-19-15-26-10-9-25(16-20(26)23-19)13-17-4-7-21-8-5-17;4*3-2(4,5)1(6)7/h2-8,11,15H,9-10,12-14,16H2,1H3;4*(H,6,7). The maximum Gasteiger partial charge on any atom is 0.490 e. The van der Waals surface area contributed by atoms with Crippen LogP contribution in [0.3, 0.4) is 0 Å². The van der Waals surface area contributed by atoms with Crippen molar-refractivity contribution in [1.29, 1.82) is 0 Å². The van der Waals surface area contributed by atoms with E-state index in [2.05, 4.69) is 55.8 Å². The summed E-state index contributed by atoms with van der Waals surface area (Å²) in [6.45, 7) is 5.63. The molecule has 1 aliphatic rings. The first kappa shape index (κ1) is 48.5. The molecule has 0 fully saturated rings. The number of aromatic nitrogens is 4. The van der Waals surface area contributed by atoms with E-state index in [1.54, 1.807) is 0 Å². The van der Waals surface area contributed by atoms with Gasteiger partial charge in [-0.05, 0) is 36.4 Å². The zero-order valence-electron chi connectivity index (χ0n) is 27.1. The molecule has 0 radical (unpaired) electrons. The number of hydrogen-bond donors (Lipinski definition) is 4. The third-order valence-electron chi connectivity index (χ3n) is 5.66. The lowest BCUT2D eigenvalue weighted by Gasteiger charge is -2.27. The molecule has 54 heavy (non-hydrogen) atoms. The van der Waals surface area contributed by atoms with E-state index in [1.807, 2.05) is 30.9 Å². The molecule has 0 aliphatic carbocycles. The van der Waals surface area contributed by atoms with Crippen molar-refractivity contribution >= 4 is 23.9 Å². The lowest BCUT2D eigenvalue weighted by molar-refractivity contribution is -0.193. The van der Waals surface area contributed by atoms with Gasteiger partial charge in [-0.15, -0.1) is 0 Å². The molecule has 4 heterocycles. The monoisotopic (exact) mass is 804 g/mol. The second-order valence-electron chi connectivity index (χ2n) is 10.2. The largest absolute Gasteiger partial charge is 0.490 e. The minimum Gasteiger partial charge on any atom is -0.475 e. The first-order valence-electron chi connectivity index (χ1n) is 14.0. The number of carbonyl (C=O) groups is 4. The smallest absolute Gasteiger partial charge is 0.475 e. The number of imidazole rings is 1. The van der Waals surface area contributed by atoms with Gasteiger partial charge in [0.2, 0.25) is 0 Å². The number of carboxylic acids is 4. The average molecular weight is 805 g/mol. The van der Waals surface area contributed by atoms with Crippen molar-refractivity contribution in [1.82, 2.24) is 29.3 Å². The Labute approximate surface area is 294 Å². The van der Waals surface area contributed by atoms with E-state index >= 15 is 0 Å². The molecule has 0 unspecified atom stereocenters. The van der Waals surface area contributed by atoms with E-state index in [0.717, 1.165) is 50.8 Å². The van der Waals surface area contributed by atoms with Crippen LogP contribution in [0.15, 0.2) is 55.2 Å². The molecule has 4 rings (SSSR count). The summed E-state index contributed by atoms with van der Waals surface area (Å²) in [5.41, 5.74) is 3.66. The van der Waals surface area contributed by atoms with Gasteiger partial charge in [0.05, 0.1) is 12.2 Å². The Hall–Kier alpha value is -5.53. The van der Waals surface area contributed by atoms with Crippen LogP contribution in [-0.2, 0) is 51.9 Å². The summed E-state index contributed by atoms with van der Waals surface area (Å²) in [6.07, 6.45) is -10.7. The molecular formula is C28H28F12N6O8. The van der Waals surface area contributed by atoms with Crippen molar-refractivity contribution < 1.29 is 92.3 Å². The van der Waals surface area contributed by atoms with E-state index in [-0.39, 0.29) is 0 Å². The molecule has 0 saturated heterocycles. The van der Waals surface area contributed by atoms with Gasteiger partial charge in [0.15, 0.2) is 0 Å². The van der Waals surface area contributed by atoms with Crippen molar-refractivity contribution in [2.45, 2.75) is 57.4 Å². The Morgan fingerprint density at radius 2 is 1.11 bits per heavy atom. The van der Waals surface area contributed by atoms with Gasteiger partial charge < -0.3 is 25.0 Å². The summed E-state index contributed by atoms with van der Waals surface area (Å²) >= 11 is 0. The average Bonchev–Trinajstić information content (AvgIpc) is 3.42. The molecule has 0 aromatic carbocycles. The van der Waals surface area contributed by atoms with Crippen LogP contribution in [0.2, 0.25) is 0 Å². The Kier molecular flexibility index (Phi) is 19.1. The van der Waals surface area contributed by atoms with Crippen molar-refractivity contribution in [3.8, 4) is 0 Å². The van der Waals surface area contributed by atoms with Crippen molar-refractivity contribution in [3.05, 3.63) is 77.9 Å². The molecule has 14 nitrogen and oxygen atoms in total. The van der Waals surface area contributed by atoms with E-state index in [4.69, 9.17) is 44.6 Å². The molecule has 0 bridgehead atoms. The second-order valence-corrected chi connectivity index (χ2v) is 10.2. The molecule has 3 aromatic heterocycles. The summed E-state index contributed by atoms with van der Waals surface area (Å²) in [7, 11) is 2.13. The van der Waals surface area contributed by atoms with E-state index in [9.17, 15) is 52.7 Å². The molecule has 1 aliphatic heterocycles. The summed E-state index contributed by atoms with van der Waals surface area (Å²) in [4.78, 5) is 53.5. The zero-order valence-corrected chi connectivity index (χ0v) is 27.1. The third-order valence-corrected chi connectivity index (χ3v) is 5.66. The van der Waals surface area contributed by atoms with Gasteiger partial charge in [0, 0.05) is 63.7 Å². The van der Waals surface area contributed by atoms with Crippen LogP contribution in [0.1, 0.15) is 22.6 Å². The van der Waals surface area contributed by atoms with Crippen LogP contribution in [0, 0.1) is 0 Å². The van der Waals surface area contributed by atoms with E-state index in [0.29, 0.717) is 0 Å². The molecule has 0 atom stereocenters. The predicted molar refractivity (Wildman–Crippen MR) is 155 cm³/mol. The Bertz CT molecular complexity index is 1520. The van der Waals surface area contributed by atoms with Crippen LogP contribution < -0.4 is 0 Å². The van der Waals surface area contributed by atoms with Gasteiger partial charge in [-0.3, -0.25) is 19.8 Å². The fourth-order valence-corrected chi connectivity index (χ4v) is 3.45. The van der Waals surface area contributed by atoms with Crippen LogP contribution in [0.4, 0.5) is 52.7 Å². The first-order chi connectivity index (χ1) is 24.5. The number of rotatable bonds is 6. The maximum absolute atomic E-state index is 10.6. The lowest BCUT2D eigenvalue weighted by atomic mass is 10.2. The molecule has 26 heteroatoms. The molecule has 302 valence electrons. The van der Waals surface area contributed by atoms with Gasteiger partial charge in [-0.1, -0.05) is 6.07 Å². The van der Waals surface area contributed by atoms with Crippen LogP contribution in [0.25, 0.3) is 0 Å². The highest BCUT2D eigenvalue weighted by atomic mass is 19.4. The van der Waals surface area contributed by atoms with E-state index < -0.39 is 48.6 Å². The number of fused-ring (bicyclic) bond motifs is 1. The second kappa shape index (κ2) is 21.2. The van der Waals surface area contributed by atoms with Gasteiger partial charge in [0.25, 0.3) is 0 Å². The van der Waals surface area contributed by atoms with Gasteiger partial charge in [-0.2, -0.15) is 52.7 Å². The highest BCUT2D eigenvalue weighted by Gasteiger charge is 2.40. The number of alkyl halides is 12. The molecular weight excluding hydrogens is 776 g/mol. The molecule has 0 amide bonds. The summed E-state index contributed by atoms with van der Waals surface area (Å²) in [6, 6.07) is 8.26. The Balaban J connectivity index is 0.000000820. The molecule has 3 aromatic rings. The number of aliphatic carboxylic acids is 4. The Morgan fingerprint density at radius 1 is 0.667 bits per heavy atom. The van der Waals surface area contributed by atoms with Crippen LogP contribution in [-0.4, -0.2) is 112 Å². The third kappa shape index (κ3) is 21.1. The summed E-state index contributed by atoms with van der Waals surface area (Å²) < 4.78 is 129. The van der Waals surface area contributed by atoms with Crippen molar-refractivity contribution in [3.63, 3.8) is 0 Å². The number of nitrogens with zero attached hydrogens (tertiary/aromatic N) is 6. The normalized spacial score (nSPS) is 12.9. The molecule has 0 spiro atoms. The SMILES string of the molecule is CN(Cc1cccnc1)Cc1cn2c(n1)CN(Cc1ccncc1)CC2.O=C(O)C(F)(F)F.O=C(O)C(F)(F)F.O=C(O)C(F)(F)F.O=C(O)C(F)(F)F. The predicted octanol–water partition coefficient (Wildman–Crippen LogP) is 4.85. The molecule has 0 saturated carbocycles. The lowest BCUT2D eigenvalue weighted by Crippen LogP contribution is -2.33. The number of pyridine rings is 2. The Morgan fingerprint density at radius 3 is 1.50 bits per heavy atom.